The van der Waals surface area contributed by atoms with Crippen LogP contribution in [0.2, 0.25) is 0 Å². The summed E-state index contributed by atoms with van der Waals surface area (Å²) in [6.45, 7) is 3.31. The van der Waals surface area contributed by atoms with Gasteiger partial charge in [0.25, 0.3) is 0 Å². The summed E-state index contributed by atoms with van der Waals surface area (Å²) in [5.74, 6) is 2.15. The third kappa shape index (κ3) is 3.96. The number of rotatable bonds is 7. The van der Waals surface area contributed by atoms with E-state index in [0.717, 1.165) is 29.9 Å². The second kappa shape index (κ2) is 7.64. The molecule has 0 aromatic heterocycles. The minimum atomic E-state index is -0.965. The fourth-order valence-corrected chi connectivity index (χ4v) is 3.42. The number of benzene rings is 1. The highest BCUT2D eigenvalue weighted by atomic mass is 32.2. The van der Waals surface area contributed by atoms with Gasteiger partial charge in [0.05, 0.1) is 10.8 Å². The average Bonchev–Trinajstić information content (AvgIpc) is 2.51. The molecule has 0 amide bonds. The summed E-state index contributed by atoms with van der Waals surface area (Å²) in [5, 5.41) is 3.27. The zero-order chi connectivity index (χ0) is 14.4. The van der Waals surface area contributed by atoms with Crippen LogP contribution in [-0.4, -0.2) is 36.3 Å². The van der Waals surface area contributed by atoms with E-state index in [4.69, 9.17) is 9.47 Å². The Morgan fingerprint density at radius 3 is 2.75 bits per heavy atom. The predicted octanol–water partition coefficient (Wildman–Crippen LogP) is 2.34. The normalized spacial score (nSPS) is 16.7. The molecule has 1 aliphatic heterocycles. The highest BCUT2D eigenvalue weighted by molar-refractivity contribution is 7.85. The Balaban J connectivity index is 1.89. The number of hydrogen-bond donors (Lipinski definition) is 1. The molecule has 4 nitrogen and oxygen atoms in total. The van der Waals surface area contributed by atoms with E-state index in [1.165, 1.54) is 0 Å². The lowest BCUT2D eigenvalue weighted by molar-refractivity contribution is 0.171. The average molecular weight is 297 g/mol. The first-order chi connectivity index (χ1) is 9.74. The molecule has 1 N–H and O–H groups in total. The Kier molecular flexibility index (Phi) is 5.86. The van der Waals surface area contributed by atoms with E-state index in [0.29, 0.717) is 30.8 Å². The molecule has 1 aliphatic rings. The summed E-state index contributed by atoms with van der Waals surface area (Å²) >= 11 is 0. The summed E-state index contributed by atoms with van der Waals surface area (Å²) in [6, 6.07) is 6.09. The van der Waals surface area contributed by atoms with Gasteiger partial charge in [-0.1, -0.05) is 6.92 Å². The summed E-state index contributed by atoms with van der Waals surface area (Å²) in [7, 11) is 1.01. The molecular formula is C15H23NO3S. The van der Waals surface area contributed by atoms with Gasteiger partial charge in [-0.05, 0) is 38.4 Å². The van der Waals surface area contributed by atoms with Crippen LogP contribution in [0.25, 0.3) is 0 Å². The van der Waals surface area contributed by atoms with Gasteiger partial charge in [0.2, 0.25) is 0 Å². The topological polar surface area (TPSA) is 47.6 Å². The molecule has 0 aliphatic carbocycles. The Morgan fingerprint density at radius 2 is 2.05 bits per heavy atom. The van der Waals surface area contributed by atoms with Crippen molar-refractivity contribution in [3.8, 4) is 11.5 Å². The molecular weight excluding hydrogens is 274 g/mol. The van der Waals surface area contributed by atoms with Crippen molar-refractivity contribution in [2.45, 2.75) is 37.1 Å². The van der Waals surface area contributed by atoms with Gasteiger partial charge in [-0.15, -0.1) is 0 Å². The first-order valence-corrected chi connectivity index (χ1v) is 8.51. The van der Waals surface area contributed by atoms with E-state index < -0.39 is 10.8 Å². The minimum absolute atomic E-state index is 0.521. The fourth-order valence-electron chi connectivity index (χ4n) is 2.30. The van der Waals surface area contributed by atoms with Crippen LogP contribution in [0.4, 0.5) is 0 Å². The van der Waals surface area contributed by atoms with Crippen LogP contribution in [0.15, 0.2) is 23.1 Å². The van der Waals surface area contributed by atoms with Gasteiger partial charge in [0.15, 0.2) is 11.5 Å². The molecule has 2 unspecified atom stereocenters. The van der Waals surface area contributed by atoms with Gasteiger partial charge in [-0.3, -0.25) is 4.21 Å². The number of ether oxygens (including phenoxy) is 2. The first kappa shape index (κ1) is 15.3. The van der Waals surface area contributed by atoms with Crippen molar-refractivity contribution in [3.05, 3.63) is 18.2 Å². The Hall–Kier alpha value is -1.07. The van der Waals surface area contributed by atoms with Crippen LogP contribution in [0.1, 0.15) is 26.2 Å². The second-order valence-electron chi connectivity index (χ2n) is 4.89. The van der Waals surface area contributed by atoms with E-state index in [2.05, 4.69) is 12.2 Å². The third-order valence-corrected chi connectivity index (χ3v) is 5.00. The maximum Gasteiger partial charge on any atom is 0.162 e. The van der Waals surface area contributed by atoms with Crippen LogP contribution < -0.4 is 14.8 Å². The molecule has 1 aromatic carbocycles. The standard InChI is InChI=1S/C15H23NO3S/c1-3-12(16-2)5-4-10-20(17)13-6-7-14-15(11-13)19-9-8-18-14/h6-7,11-12,16H,3-5,8-10H2,1-2H3. The lowest BCUT2D eigenvalue weighted by Gasteiger charge is -2.18. The molecule has 0 bridgehead atoms. The van der Waals surface area contributed by atoms with Crippen molar-refractivity contribution in [1.82, 2.24) is 5.32 Å². The SMILES string of the molecule is CCC(CCCS(=O)c1ccc2c(c1)OCCO2)NC. The maximum atomic E-state index is 12.3. The summed E-state index contributed by atoms with van der Waals surface area (Å²) in [6.07, 6.45) is 3.12. The van der Waals surface area contributed by atoms with Gasteiger partial charge in [-0.2, -0.15) is 0 Å². The molecule has 20 heavy (non-hydrogen) atoms. The fraction of sp³-hybridized carbons (Fsp3) is 0.600. The maximum absolute atomic E-state index is 12.3. The van der Waals surface area contributed by atoms with Crippen LogP contribution in [0, 0.1) is 0 Å². The second-order valence-corrected chi connectivity index (χ2v) is 6.46. The van der Waals surface area contributed by atoms with E-state index in [9.17, 15) is 4.21 Å². The monoisotopic (exact) mass is 297 g/mol. The molecule has 5 heteroatoms. The van der Waals surface area contributed by atoms with E-state index in [1.807, 2.05) is 25.2 Å². The smallest absolute Gasteiger partial charge is 0.162 e. The number of fused-ring (bicyclic) bond motifs is 1. The van der Waals surface area contributed by atoms with Gasteiger partial charge in [-0.25, -0.2) is 0 Å². The minimum Gasteiger partial charge on any atom is -0.486 e. The molecule has 112 valence electrons. The van der Waals surface area contributed by atoms with Crippen LogP contribution in [0.5, 0.6) is 11.5 Å². The van der Waals surface area contributed by atoms with Gasteiger partial charge in [0, 0.05) is 22.8 Å². The van der Waals surface area contributed by atoms with Gasteiger partial charge in [0.1, 0.15) is 13.2 Å². The largest absolute Gasteiger partial charge is 0.486 e. The molecule has 1 aromatic rings. The molecule has 0 saturated heterocycles. The van der Waals surface area contributed by atoms with E-state index >= 15 is 0 Å². The predicted molar refractivity (Wildman–Crippen MR) is 81.1 cm³/mol. The molecule has 2 atom stereocenters. The molecule has 2 rings (SSSR count). The summed E-state index contributed by atoms with van der Waals surface area (Å²) in [5.41, 5.74) is 0. The van der Waals surface area contributed by atoms with Gasteiger partial charge >= 0.3 is 0 Å². The van der Waals surface area contributed by atoms with Crippen LogP contribution in [-0.2, 0) is 10.8 Å². The van der Waals surface area contributed by atoms with E-state index in [-0.39, 0.29) is 0 Å². The number of nitrogens with one attached hydrogen (secondary N) is 1. The summed E-state index contributed by atoms with van der Waals surface area (Å²) in [4.78, 5) is 0.826. The van der Waals surface area contributed by atoms with Crippen molar-refractivity contribution >= 4 is 10.8 Å². The molecule has 0 radical (unpaired) electrons. The molecule has 0 spiro atoms. The van der Waals surface area contributed by atoms with E-state index in [1.54, 1.807) is 0 Å². The van der Waals surface area contributed by atoms with Crippen molar-refractivity contribution in [1.29, 1.82) is 0 Å². The third-order valence-electron chi connectivity index (χ3n) is 3.56. The quantitative estimate of drug-likeness (QED) is 0.839. The van der Waals surface area contributed by atoms with Crippen LogP contribution in [0.3, 0.4) is 0 Å². The molecule has 0 saturated carbocycles. The highest BCUT2D eigenvalue weighted by Crippen LogP contribution is 2.31. The Labute approximate surface area is 123 Å². The molecule has 0 fully saturated rings. The lowest BCUT2D eigenvalue weighted by Crippen LogP contribution is -2.24. The van der Waals surface area contributed by atoms with Crippen molar-refractivity contribution in [2.24, 2.45) is 0 Å². The van der Waals surface area contributed by atoms with Crippen molar-refractivity contribution in [2.75, 3.05) is 26.0 Å². The Bertz CT molecular complexity index is 460. The van der Waals surface area contributed by atoms with Crippen LogP contribution >= 0.6 is 0 Å². The number of hydrogen-bond acceptors (Lipinski definition) is 4. The first-order valence-electron chi connectivity index (χ1n) is 7.20. The molecule has 1 heterocycles. The highest BCUT2D eigenvalue weighted by Gasteiger charge is 2.14. The van der Waals surface area contributed by atoms with Crippen molar-refractivity contribution < 1.29 is 13.7 Å². The lowest BCUT2D eigenvalue weighted by atomic mass is 10.1. The zero-order valence-electron chi connectivity index (χ0n) is 12.2. The Morgan fingerprint density at radius 1 is 1.30 bits per heavy atom. The zero-order valence-corrected chi connectivity index (χ0v) is 13.0. The summed E-state index contributed by atoms with van der Waals surface area (Å²) < 4.78 is 23.3. The van der Waals surface area contributed by atoms with Gasteiger partial charge < -0.3 is 14.8 Å². The van der Waals surface area contributed by atoms with Crippen molar-refractivity contribution in [3.63, 3.8) is 0 Å².